The maximum Gasteiger partial charge on any atom is 0.469 e. The van der Waals surface area contributed by atoms with Crippen LogP contribution in [0.15, 0.2) is 48.6 Å². The molecule has 0 aliphatic heterocycles. The third-order valence-corrected chi connectivity index (χ3v) is 9.54. The van der Waals surface area contributed by atoms with Gasteiger partial charge in [0.05, 0.1) is 18.8 Å². The summed E-state index contributed by atoms with van der Waals surface area (Å²) in [5.41, 5.74) is 0. The zero-order chi connectivity index (χ0) is 40.0. The van der Waals surface area contributed by atoms with Crippen LogP contribution in [0.25, 0.3) is 0 Å². The van der Waals surface area contributed by atoms with Crippen molar-refractivity contribution >= 4 is 19.8 Å². The van der Waals surface area contributed by atoms with Crippen LogP contribution in [0.5, 0.6) is 0 Å². The van der Waals surface area contributed by atoms with Gasteiger partial charge in [-0.1, -0.05) is 184 Å². The van der Waals surface area contributed by atoms with Gasteiger partial charge in [0, 0.05) is 12.8 Å². The molecule has 0 aliphatic rings. The molecular formula is C43H77O10P. The van der Waals surface area contributed by atoms with Crippen molar-refractivity contribution < 1.29 is 48.2 Å². The number of carbonyl (C=O) groups excluding carboxylic acids is 2. The number of allylic oxidation sites excluding steroid dienone is 6. The lowest BCUT2D eigenvalue weighted by atomic mass is 10.0. The normalized spacial score (nSPS) is 14.1. The van der Waals surface area contributed by atoms with Gasteiger partial charge in [0.2, 0.25) is 0 Å². The van der Waals surface area contributed by atoms with Crippen LogP contribution >= 0.6 is 7.82 Å². The predicted molar refractivity (Wildman–Crippen MR) is 219 cm³/mol. The lowest BCUT2D eigenvalue weighted by Crippen LogP contribution is -2.29. The van der Waals surface area contributed by atoms with E-state index in [4.69, 9.17) is 19.3 Å². The maximum atomic E-state index is 12.4. The average Bonchev–Trinajstić information content (AvgIpc) is 3.13. The van der Waals surface area contributed by atoms with Gasteiger partial charge in [-0.2, -0.15) is 0 Å². The number of rotatable bonds is 38. The SMILES string of the molecule is CCCCCCCCCCCCCCCCCCCC(=O)O[C@H](COC(=O)CCC[C@@H](O)/C=C/C=C\C/C=C\C=C\[C@@H](O)CCCCC)COP(=O)(O)O. The summed E-state index contributed by atoms with van der Waals surface area (Å²) in [4.78, 5) is 42.9. The molecule has 0 aromatic heterocycles. The van der Waals surface area contributed by atoms with E-state index in [1.54, 1.807) is 18.2 Å². The van der Waals surface area contributed by atoms with Crippen molar-refractivity contribution in [3.05, 3.63) is 48.6 Å². The third kappa shape index (κ3) is 39.6. The number of hydrogen-bond acceptors (Lipinski definition) is 8. The van der Waals surface area contributed by atoms with E-state index in [0.717, 1.165) is 44.9 Å². The molecule has 314 valence electrons. The van der Waals surface area contributed by atoms with Gasteiger partial charge < -0.3 is 29.5 Å². The summed E-state index contributed by atoms with van der Waals surface area (Å²) >= 11 is 0. The van der Waals surface area contributed by atoms with Crippen molar-refractivity contribution in [1.29, 1.82) is 0 Å². The molecule has 0 radical (unpaired) electrons. The molecule has 0 heterocycles. The highest BCUT2D eigenvalue weighted by Crippen LogP contribution is 2.36. The number of aliphatic hydroxyl groups is 2. The second kappa shape index (κ2) is 37.8. The van der Waals surface area contributed by atoms with Crippen LogP contribution in [0, 0.1) is 0 Å². The Kier molecular flexibility index (Phi) is 36.4. The molecule has 0 aromatic rings. The summed E-state index contributed by atoms with van der Waals surface area (Å²) in [6.07, 6.45) is 39.0. The molecule has 0 bridgehead atoms. The quantitative estimate of drug-likeness (QED) is 0.0205. The monoisotopic (exact) mass is 785 g/mol. The fraction of sp³-hybridized carbons (Fsp3) is 0.767. The van der Waals surface area contributed by atoms with Crippen LogP contribution in [0.3, 0.4) is 0 Å². The molecule has 0 fully saturated rings. The Hall–Kier alpha value is -2.07. The van der Waals surface area contributed by atoms with E-state index >= 15 is 0 Å². The topological polar surface area (TPSA) is 160 Å². The lowest BCUT2D eigenvalue weighted by Gasteiger charge is -2.18. The van der Waals surface area contributed by atoms with E-state index in [1.165, 1.54) is 83.5 Å². The minimum Gasteiger partial charge on any atom is -0.462 e. The Morgan fingerprint density at radius 3 is 1.46 bits per heavy atom. The van der Waals surface area contributed by atoms with Crippen LogP contribution in [-0.4, -0.2) is 63.5 Å². The number of esters is 2. The van der Waals surface area contributed by atoms with Crippen molar-refractivity contribution in [2.75, 3.05) is 13.2 Å². The molecular weight excluding hydrogens is 707 g/mol. The Bertz CT molecular complexity index is 1050. The highest BCUT2D eigenvalue weighted by atomic mass is 31.2. The lowest BCUT2D eigenvalue weighted by molar-refractivity contribution is -0.161. The summed E-state index contributed by atoms with van der Waals surface area (Å²) in [6.45, 7) is 3.40. The molecule has 3 atom stereocenters. The third-order valence-electron chi connectivity index (χ3n) is 9.06. The highest BCUT2D eigenvalue weighted by molar-refractivity contribution is 7.46. The van der Waals surface area contributed by atoms with Gasteiger partial charge in [0.25, 0.3) is 0 Å². The van der Waals surface area contributed by atoms with Crippen LogP contribution in [0.2, 0.25) is 0 Å². The number of phosphoric acid groups is 1. The van der Waals surface area contributed by atoms with Crippen molar-refractivity contribution in [1.82, 2.24) is 0 Å². The fourth-order valence-electron chi connectivity index (χ4n) is 5.82. The fourth-order valence-corrected chi connectivity index (χ4v) is 6.18. The summed E-state index contributed by atoms with van der Waals surface area (Å²) in [5, 5.41) is 20.0. The van der Waals surface area contributed by atoms with E-state index in [0.29, 0.717) is 25.7 Å². The molecule has 4 N–H and O–H groups in total. The van der Waals surface area contributed by atoms with Gasteiger partial charge in [-0.05, 0) is 32.1 Å². The second-order valence-electron chi connectivity index (χ2n) is 14.4. The maximum absolute atomic E-state index is 12.4. The summed E-state index contributed by atoms with van der Waals surface area (Å²) < 4.78 is 26.2. The number of phosphoric ester groups is 1. The average molecular weight is 785 g/mol. The van der Waals surface area contributed by atoms with Crippen LogP contribution in [0.1, 0.15) is 181 Å². The number of unbranched alkanes of at least 4 members (excludes halogenated alkanes) is 18. The van der Waals surface area contributed by atoms with Crippen molar-refractivity contribution in [2.24, 2.45) is 0 Å². The van der Waals surface area contributed by atoms with Crippen LogP contribution in [0.4, 0.5) is 0 Å². The van der Waals surface area contributed by atoms with Crippen LogP contribution < -0.4 is 0 Å². The van der Waals surface area contributed by atoms with Gasteiger partial charge in [0.15, 0.2) is 6.10 Å². The minimum atomic E-state index is -4.81. The molecule has 11 heteroatoms. The molecule has 0 saturated heterocycles. The minimum absolute atomic E-state index is 0.0195. The number of carbonyl (C=O) groups is 2. The first-order chi connectivity index (χ1) is 26.1. The number of aliphatic hydroxyl groups excluding tert-OH is 2. The Morgan fingerprint density at radius 1 is 0.556 bits per heavy atom. The summed E-state index contributed by atoms with van der Waals surface area (Å²) in [7, 11) is -4.81. The zero-order valence-electron chi connectivity index (χ0n) is 33.8. The molecule has 0 unspecified atom stereocenters. The molecule has 0 rings (SSSR count). The van der Waals surface area contributed by atoms with Gasteiger partial charge in [0.1, 0.15) is 6.61 Å². The largest absolute Gasteiger partial charge is 0.469 e. The Morgan fingerprint density at radius 2 is 0.981 bits per heavy atom. The molecule has 10 nitrogen and oxygen atoms in total. The first kappa shape index (κ1) is 51.9. The second-order valence-corrected chi connectivity index (χ2v) is 15.6. The molecule has 0 saturated carbocycles. The van der Waals surface area contributed by atoms with Gasteiger partial charge in [-0.25, -0.2) is 4.57 Å². The molecule has 0 spiro atoms. The van der Waals surface area contributed by atoms with Gasteiger partial charge in [-0.3, -0.25) is 14.1 Å². The van der Waals surface area contributed by atoms with Crippen molar-refractivity contribution in [3.63, 3.8) is 0 Å². The zero-order valence-corrected chi connectivity index (χ0v) is 34.7. The highest BCUT2D eigenvalue weighted by Gasteiger charge is 2.23. The standard InChI is InChI=1S/C43H77O10P/c1-3-5-7-8-9-10-11-12-13-14-15-16-17-18-22-25-29-35-43(47)53-41(38-52-54(48,49)50)37-51-42(46)36-30-34-40(45)33-28-24-21-19-20-23-27-32-39(44)31-26-6-4-2/h20-21,23-24,27-28,32-33,39-41,44-45H,3-19,22,25-26,29-31,34-38H2,1-2H3,(H2,48,49,50)/b23-20-,24-21-,32-27+,33-28+/t39-,40-,41+/m0/s1. The Labute approximate surface area is 328 Å². The van der Waals surface area contributed by atoms with E-state index in [1.807, 2.05) is 30.4 Å². The first-order valence-electron chi connectivity index (χ1n) is 21.1. The van der Waals surface area contributed by atoms with Crippen molar-refractivity contribution in [2.45, 2.75) is 199 Å². The summed E-state index contributed by atoms with van der Waals surface area (Å²) in [6, 6.07) is 0. The molecule has 0 aromatic carbocycles. The van der Waals surface area contributed by atoms with E-state index in [-0.39, 0.29) is 19.4 Å². The van der Waals surface area contributed by atoms with Gasteiger partial charge in [-0.15, -0.1) is 0 Å². The predicted octanol–water partition coefficient (Wildman–Crippen LogP) is 10.7. The van der Waals surface area contributed by atoms with E-state index < -0.39 is 44.7 Å². The van der Waals surface area contributed by atoms with Crippen LogP contribution in [-0.2, 0) is 28.2 Å². The number of ether oxygens (including phenoxy) is 2. The Balaban J connectivity index is 4.14. The van der Waals surface area contributed by atoms with Crippen molar-refractivity contribution in [3.8, 4) is 0 Å². The molecule has 0 aliphatic carbocycles. The molecule has 0 amide bonds. The smallest absolute Gasteiger partial charge is 0.462 e. The summed E-state index contributed by atoms with van der Waals surface area (Å²) in [5.74, 6) is -1.11. The molecule has 54 heavy (non-hydrogen) atoms. The number of hydrogen-bond donors (Lipinski definition) is 4. The van der Waals surface area contributed by atoms with E-state index in [2.05, 4.69) is 18.4 Å². The van der Waals surface area contributed by atoms with Gasteiger partial charge >= 0.3 is 19.8 Å². The van der Waals surface area contributed by atoms with E-state index in [9.17, 15) is 24.4 Å². The first-order valence-corrected chi connectivity index (χ1v) is 22.7.